The SMILES string of the molecule is CC(C)[C@H]1COC(=O)N1c1ccnc(N[C@@H](C)c2ncn3c2CCc2cc(C(F)(F)F)ccc2-3)n1.C[C@H](Nc1nccc(N2C(=O)OC[C@@H]2[C@H](C)F)n1)c1ncn2c1CCc1cc(Cl)ccc1-2.C[C@H](Nc1nccc(N2C(=O)OC[C@@H]2[C@H](C)F)n1)c1ncn2c1COc1cc(C(F)(F)F)ccc1-2.C[C@H](Nc1nccc(N2C(=O)OC[C@@H]2[C@H](C)F)n1)c1ncn2c1COc1cc(Cl)ccc1-2. The van der Waals surface area contributed by atoms with Crippen molar-refractivity contribution in [1.82, 2.24) is 78.1 Å². The van der Waals surface area contributed by atoms with Gasteiger partial charge in [0.05, 0.1) is 105 Å². The van der Waals surface area contributed by atoms with Crippen molar-refractivity contribution in [2.24, 2.45) is 5.92 Å². The lowest BCUT2D eigenvalue weighted by molar-refractivity contribution is -0.138. The largest absolute Gasteiger partial charge is 0.485 e. The Morgan fingerprint density at radius 2 is 0.649 bits per heavy atom. The Labute approximate surface area is 769 Å². The summed E-state index contributed by atoms with van der Waals surface area (Å²) in [6.45, 7) is 16.4. The highest BCUT2D eigenvalue weighted by Gasteiger charge is 2.45. The third-order valence-electron chi connectivity index (χ3n) is 23.8. The van der Waals surface area contributed by atoms with E-state index in [0.717, 1.165) is 86.5 Å². The van der Waals surface area contributed by atoms with Crippen LogP contribution in [0.3, 0.4) is 0 Å². The van der Waals surface area contributed by atoms with Crippen molar-refractivity contribution in [2.75, 3.05) is 67.3 Å². The van der Waals surface area contributed by atoms with Crippen molar-refractivity contribution in [2.45, 2.75) is 180 Å². The minimum absolute atomic E-state index is 0.00680. The van der Waals surface area contributed by atoms with Gasteiger partial charge in [0.25, 0.3) is 0 Å². The van der Waals surface area contributed by atoms with E-state index in [-0.39, 0.29) is 85.8 Å². The van der Waals surface area contributed by atoms with Crippen LogP contribution in [0.2, 0.25) is 10.0 Å². The summed E-state index contributed by atoms with van der Waals surface area (Å²) < 4.78 is 160. The lowest BCUT2D eigenvalue weighted by Crippen LogP contribution is -2.39. The van der Waals surface area contributed by atoms with Crippen molar-refractivity contribution in [3.8, 4) is 34.2 Å². The summed E-state index contributed by atoms with van der Waals surface area (Å²) >= 11 is 12.2. The number of ether oxygens (including phenoxy) is 6. The van der Waals surface area contributed by atoms with Crippen molar-refractivity contribution < 1.29 is 87.1 Å². The number of anilines is 8. The van der Waals surface area contributed by atoms with E-state index in [9.17, 15) is 58.7 Å². The number of benzene rings is 4. The normalized spacial score (nSPS) is 18.8. The van der Waals surface area contributed by atoms with Gasteiger partial charge in [0.2, 0.25) is 23.8 Å². The smallest absolute Gasteiger partial charge is 0.416 e. The fourth-order valence-electron chi connectivity index (χ4n) is 17.0. The molecule has 45 heteroatoms. The first-order valence-electron chi connectivity index (χ1n) is 42.8. The fraction of sp³-hybridized carbons (Fsp3) is 0.371. The number of fused-ring (bicyclic) bond motifs is 12. The van der Waals surface area contributed by atoms with Crippen LogP contribution < -0.4 is 50.3 Å². The second kappa shape index (κ2) is 37.5. The molecule has 0 bridgehead atoms. The minimum atomic E-state index is -4.47. The number of aryl methyl sites for hydroxylation is 2. The van der Waals surface area contributed by atoms with Gasteiger partial charge in [-0.25, -0.2) is 72.2 Å². The van der Waals surface area contributed by atoms with Crippen LogP contribution in [0.5, 0.6) is 11.5 Å². The van der Waals surface area contributed by atoms with Crippen LogP contribution in [0.1, 0.15) is 154 Å². The van der Waals surface area contributed by atoms with Crippen LogP contribution in [-0.4, -0.2) is 172 Å². The molecule has 700 valence electrons. The Kier molecular flexibility index (Phi) is 25.7. The highest BCUT2D eigenvalue weighted by atomic mass is 35.5. The number of carbonyl (C=O) groups is 4. The van der Waals surface area contributed by atoms with Crippen LogP contribution in [-0.2, 0) is 70.2 Å². The molecule has 0 unspecified atom stereocenters. The van der Waals surface area contributed by atoms with Gasteiger partial charge in [0, 0.05) is 58.0 Å². The zero-order valence-electron chi connectivity index (χ0n) is 73.0. The van der Waals surface area contributed by atoms with Crippen molar-refractivity contribution in [3.05, 3.63) is 225 Å². The Bertz CT molecular complexity index is 6060. The van der Waals surface area contributed by atoms with Crippen LogP contribution >= 0.6 is 23.2 Å². The third kappa shape index (κ3) is 18.6. The first-order chi connectivity index (χ1) is 64.1. The summed E-state index contributed by atoms with van der Waals surface area (Å²) in [7, 11) is 0. The number of cyclic esters (lactones) is 4. The predicted molar refractivity (Wildman–Crippen MR) is 471 cm³/mol. The first-order valence-corrected chi connectivity index (χ1v) is 43.5. The molecule has 8 aromatic heterocycles. The Hall–Kier alpha value is -14.1. The van der Waals surface area contributed by atoms with E-state index < -0.39 is 90.5 Å². The third-order valence-corrected chi connectivity index (χ3v) is 24.3. The summed E-state index contributed by atoms with van der Waals surface area (Å²) in [6, 6.07) is 21.2. The van der Waals surface area contributed by atoms with E-state index in [1.807, 2.05) is 74.3 Å². The van der Waals surface area contributed by atoms with E-state index in [1.54, 1.807) is 65.6 Å². The number of halogens is 11. The molecule has 12 aromatic rings. The second-order valence-corrected chi connectivity index (χ2v) is 33.9. The van der Waals surface area contributed by atoms with Gasteiger partial charge in [-0.05, 0) is 182 Å². The zero-order valence-corrected chi connectivity index (χ0v) is 74.6. The molecule has 134 heavy (non-hydrogen) atoms. The highest BCUT2D eigenvalue weighted by molar-refractivity contribution is 6.31. The van der Waals surface area contributed by atoms with E-state index in [1.165, 1.54) is 85.3 Å². The number of carbonyl (C=O) groups excluding carboxylic acids is 4. The monoisotopic (exact) mass is 1890 g/mol. The lowest BCUT2D eigenvalue weighted by atomic mass is 9.97. The number of rotatable bonds is 20. The van der Waals surface area contributed by atoms with Gasteiger partial charge in [0.1, 0.15) is 124 Å². The Balaban J connectivity index is 0.000000124. The molecule has 20 rings (SSSR count). The fourth-order valence-corrected chi connectivity index (χ4v) is 17.3. The van der Waals surface area contributed by atoms with Gasteiger partial charge in [-0.15, -0.1) is 0 Å². The summed E-state index contributed by atoms with van der Waals surface area (Å²) in [5.41, 5.74) is 10.1. The molecule has 11 atom stereocenters. The molecule has 4 fully saturated rings. The lowest BCUT2D eigenvalue weighted by Gasteiger charge is -2.24. The maximum Gasteiger partial charge on any atom is 0.416 e. The molecule has 4 N–H and O–H groups in total. The van der Waals surface area contributed by atoms with Gasteiger partial charge in [-0.2, -0.15) is 46.3 Å². The number of hydrogen-bond acceptors (Lipinski definition) is 26. The van der Waals surface area contributed by atoms with Crippen molar-refractivity contribution in [1.29, 1.82) is 0 Å². The average Bonchev–Trinajstić information content (AvgIpc) is 1.58. The summed E-state index contributed by atoms with van der Waals surface area (Å²) in [5, 5.41) is 14.1. The quantitative estimate of drug-likeness (QED) is 0.0407. The molecule has 0 saturated carbocycles. The van der Waals surface area contributed by atoms with Crippen molar-refractivity contribution >= 4 is 94.6 Å². The van der Waals surface area contributed by atoms with E-state index in [0.29, 0.717) is 88.7 Å². The molecule has 34 nitrogen and oxygen atoms in total. The van der Waals surface area contributed by atoms with E-state index in [4.69, 9.17) is 51.6 Å². The zero-order chi connectivity index (χ0) is 94.6. The molecular formula is C89H87Cl2F9N24O10. The molecule has 4 aromatic carbocycles. The number of nitrogens with one attached hydrogen (secondary N) is 4. The number of aromatic nitrogens is 16. The highest BCUT2D eigenvalue weighted by Crippen LogP contribution is 2.43. The molecule has 8 aliphatic rings. The molecule has 0 spiro atoms. The summed E-state index contributed by atoms with van der Waals surface area (Å²) in [4.78, 5) is 107. The number of nitrogens with zero attached hydrogens (tertiary/aromatic N) is 20. The molecule has 0 aliphatic carbocycles. The van der Waals surface area contributed by atoms with Crippen molar-refractivity contribution in [3.63, 3.8) is 0 Å². The van der Waals surface area contributed by atoms with Gasteiger partial charge >= 0.3 is 36.7 Å². The predicted octanol–water partition coefficient (Wildman–Crippen LogP) is 17.7. The van der Waals surface area contributed by atoms with Crippen LogP contribution in [0, 0.1) is 5.92 Å². The molecule has 16 heterocycles. The second-order valence-electron chi connectivity index (χ2n) is 33.0. The van der Waals surface area contributed by atoms with E-state index in [2.05, 4.69) is 85.6 Å². The maximum absolute atomic E-state index is 13.9. The van der Waals surface area contributed by atoms with Crippen LogP contribution in [0.15, 0.2) is 147 Å². The van der Waals surface area contributed by atoms with E-state index >= 15 is 0 Å². The molecule has 4 amide bonds. The number of alkyl halides is 9. The summed E-state index contributed by atoms with van der Waals surface area (Å²) in [6.07, 6.45) is 0.502. The standard InChI is InChI=1S/C24H25F3N6O2.C22H22ClFN6O2.C22H20F4N6O3.C21H20ClFN6O3/c1-13(2)19-11-35-23(34)33(19)20-8-9-28-22(31-20)30-14(3)21-18-6-4-15-10-16(24(25,26)27)5-7-17(15)32(18)12-29-21;1-12(24)18-10-32-22(31)30(18)19-7-8-25-21(28-19)27-13(2)20-17-5-3-14-9-15(23)4-6-16(14)29(17)11-26-20;1-11(23)15-8-35-21(33)32(15)18-5-6-27-20(30-18)29-12(2)19-16-9-34-17-7-13(22(24,25)26)3-4-14(17)31(16)10-28-19;1-11(23)15-8-32-21(30)29(15)18-5-6-24-20(27-18)26-12(2)19-16-9-31-17-7-13(22)3-4-14(17)28(16)10-25-19/h5,7-10,12-14,19H,4,6,11H2,1-3H3,(H,28,30,31);4,6-9,11-13,18H,3,5,10H2,1-2H3,(H,25,27,28);3-7,10-12,15H,8-9H2,1-2H3,(H,27,29,30);3-7,10-12,15H,8-9H2,1-2H3,(H,24,26,27)/t14-,19+;12-,13-,18+;2*11-,12-,15+/m0000/s1. The number of imidazole rings is 4. The Morgan fingerprint density at radius 1 is 0.351 bits per heavy atom. The van der Waals surface area contributed by atoms with Gasteiger partial charge in [-0.3, -0.25) is 28.7 Å². The molecular weight excluding hydrogens is 1810 g/mol. The molecule has 4 saturated heterocycles. The summed E-state index contributed by atoms with van der Waals surface area (Å²) in [5.74, 6) is 3.33. The van der Waals surface area contributed by atoms with Crippen LogP contribution in [0.4, 0.5) is 106 Å². The van der Waals surface area contributed by atoms with Crippen LogP contribution in [0.25, 0.3) is 22.7 Å². The average molecular weight is 1890 g/mol. The molecule has 8 aliphatic heterocycles. The van der Waals surface area contributed by atoms with Gasteiger partial charge in [0.15, 0.2) is 0 Å². The maximum atomic E-state index is 13.9. The number of hydrogen-bond donors (Lipinski definition) is 4. The topological polar surface area (TPSA) is 359 Å². The number of amides is 4. The Morgan fingerprint density at radius 3 is 1.01 bits per heavy atom. The van der Waals surface area contributed by atoms with Gasteiger partial charge in [-0.1, -0.05) is 37.0 Å². The molecule has 0 radical (unpaired) electrons. The van der Waals surface area contributed by atoms with Gasteiger partial charge < -0.3 is 58.8 Å². The minimum Gasteiger partial charge on any atom is -0.485 e. The first kappa shape index (κ1) is 91.8.